The molecule has 0 bridgehead atoms. The predicted molar refractivity (Wildman–Crippen MR) is 67.3 cm³/mol. The molecule has 1 aromatic carbocycles. The molecule has 1 aliphatic rings. The van der Waals surface area contributed by atoms with Gasteiger partial charge in [0, 0.05) is 18.1 Å². The van der Waals surface area contributed by atoms with Crippen LogP contribution in [0, 0.1) is 11.7 Å². The highest BCUT2D eigenvalue weighted by atomic mass is 35.5. The van der Waals surface area contributed by atoms with Crippen molar-refractivity contribution in [1.29, 1.82) is 0 Å². The summed E-state index contributed by atoms with van der Waals surface area (Å²) < 4.78 is 39.4. The fraction of sp³-hybridized carbons (Fsp3) is 0.455. The zero-order valence-corrected chi connectivity index (χ0v) is 11.2. The lowest BCUT2D eigenvalue weighted by molar-refractivity contribution is 0.453. The molecule has 1 fully saturated rings. The average molecular weight is 293 g/mol. The first-order chi connectivity index (χ1) is 8.45. The summed E-state index contributed by atoms with van der Waals surface area (Å²) in [7, 11) is -3.82. The van der Waals surface area contributed by atoms with Crippen LogP contribution in [0.3, 0.4) is 0 Å². The summed E-state index contributed by atoms with van der Waals surface area (Å²) in [6, 6.07) is 3.52. The van der Waals surface area contributed by atoms with Crippen LogP contribution in [-0.4, -0.2) is 32.4 Å². The van der Waals surface area contributed by atoms with Crippen LogP contribution in [-0.2, 0) is 10.0 Å². The van der Waals surface area contributed by atoms with Crippen molar-refractivity contribution in [3.63, 3.8) is 0 Å². The van der Waals surface area contributed by atoms with Crippen molar-refractivity contribution in [2.75, 3.05) is 19.6 Å². The molecule has 18 heavy (non-hydrogen) atoms. The van der Waals surface area contributed by atoms with Crippen LogP contribution in [0.1, 0.15) is 6.42 Å². The van der Waals surface area contributed by atoms with E-state index in [2.05, 4.69) is 0 Å². The van der Waals surface area contributed by atoms with Crippen LogP contribution >= 0.6 is 11.6 Å². The minimum absolute atomic E-state index is 0.141. The maximum absolute atomic E-state index is 13.6. The molecule has 0 saturated carbocycles. The van der Waals surface area contributed by atoms with E-state index in [4.69, 9.17) is 17.3 Å². The maximum Gasteiger partial charge on any atom is 0.246 e. The van der Waals surface area contributed by atoms with Gasteiger partial charge in [-0.25, -0.2) is 12.8 Å². The summed E-state index contributed by atoms with van der Waals surface area (Å²) in [5.74, 6) is -0.641. The average Bonchev–Trinajstić information content (AvgIpc) is 2.81. The summed E-state index contributed by atoms with van der Waals surface area (Å²) in [6.07, 6.45) is 0.706. The minimum Gasteiger partial charge on any atom is -0.330 e. The van der Waals surface area contributed by atoms with Crippen LogP contribution in [0.15, 0.2) is 23.1 Å². The van der Waals surface area contributed by atoms with E-state index in [1.165, 1.54) is 10.4 Å². The standard InChI is InChI=1S/C11H14ClFN2O2S/c12-9-1-2-10(13)11(5-9)18(16,17)15-4-3-8(6-14)7-15/h1-2,5,8H,3-4,6-7,14H2. The first kappa shape index (κ1) is 13.7. The summed E-state index contributed by atoms with van der Waals surface area (Å²) in [5.41, 5.74) is 5.52. The Kier molecular flexibility index (Phi) is 3.91. The van der Waals surface area contributed by atoms with E-state index in [9.17, 15) is 12.8 Å². The first-order valence-corrected chi connectivity index (χ1v) is 7.42. The second-order valence-corrected chi connectivity index (χ2v) is 6.67. The molecule has 1 unspecified atom stereocenters. The molecule has 7 heteroatoms. The molecule has 1 heterocycles. The third-order valence-corrected chi connectivity index (χ3v) is 5.21. The number of nitrogens with two attached hydrogens (primary N) is 1. The predicted octanol–water partition coefficient (Wildman–Crippen LogP) is 1.45. The molecule has 0 aromatic heterocycles. The zero-order chi connectivity index (χ0) is 13.3. The lowest BCUT2D eigenvalue weighted by Gasteiger charge is -2.16. The van der Waals surface area contributed by atoms with Crippen LogP contribution < -0.4 is 5.73 Å². The highest BCUT2D eigenvalue weighted by Gasteiger charge is 2.33. The molecule has 1 saturated heterocycles. The van der Waals surface area contributed by atoms with Crippen LogP contribution in [0.2, 0.25) is 5.02 Å². The third-order valence-electron chi connectivity index (χ3n) is 3.09. The van der Waals surface area contributed by atoms with Crippen molar-refractivity contribution in [1.82, 2.24) is 4.31 Å². The zero-order valence-electron chi connectivity index (χ0n) is 9.64. The van der Waals surface area contributed by atoms with E-state index < -0.39 is 15.8 Å². The number of rotatable bonds is 3. The molecular formula is C11H14ClFN2O2S. The summed E-state index contributed by atoms with van der Waals surface area (Å²) in [4.78, 5) is -0.368. The van der Waals surface area contributed by atoms with E-state index in [0.29, 0.717) is 26.1 Å². The van der Waals surface area contributed by atoms with Crippen molar-refractivity contribution < 1.29 is 12.8 Å². The molecule has 4 nitrogen and oxygen atoms in total. The normalized spacial score (nSPS) is 21.4. The Morgan fingerprint density at radius 1 is 1.50 bits per heavy atom. The van der Waals surface area contributed by atoms with Crippen LogP contribution in [0.4, 0.5) is 4.39 Å². The van der Waals surface area contributed by atoms with E-state index >= 15 is 0 Å². The van der Waals surface area contributed by atoms with Gasteiger partial charge in [-0.3, -0.25) is 0 Å². The Labute approximate surface area is 111 Å². The molecule has 1 aromatic rings. The van der Waals surface area contributed by atoms with E-state index in [-0.39, 0.29) is 15.8 Å². The van der Waals surface area contributed by atoms with Crippen molar-refractivity contribution in [2.24, 2.45) is 11.7 Å². The highest BCUT2D eigenvalue weighted by Crippen LogP contribution is 2.27. The maximum atomic E-state index is 13.6. The van der Waals surface area contributed by atoms with E-state index in [1.807, 2.05) is 0 Å². The fourth-order valence-electron chi connectivity index (χ4n) is 2.02. The lowest BCUT2D eigenvalue weighted by Crippen LogP contribution is -2.30. The topological polar surface area (TPSA) is 63.4 Å². The van der Waals surface area contributed by atoms with Crippen molar-refractivity contribution in [3.8, 4) is 0 Å². The fourth-order valence-corrected chi connectivity index (χ4v) is 3.88. The van der Waals surface area contributed by atoms with Crippen molar-refractivity contribution >= 4 is 21.6 Å². The van der Waals surface area contributed by atoms with Gasteiger partial charge in [-0.2, -0.15) is 4.31 Å². The molecule has 2 rings (SSSR count). The Morgan fingerprint density at radius 3 is 2.83 bits per heavy atom. The lowest BCUT2D eigenvalue weighted by atomic mass is 10.1. The number of hydrogen-bond donors (Lipinski definition) is 1. The highest BCUT2D eigenvalue weighted by molar-refractivity contribution is 7.89. The number of sulfonamides is 1. The second kappa shape index (κ2) is 5.13. The van der Waals surface area contributed by atoms with Crippen LogP contribution in [0.25, 0.3) is 0 Å². The van der Waals surface area contributed by atoms with Gasteiger partial charge in [-0.05, 0) is 37.1 Å². The Morgan fingerprint density at radius 2 is 2.22 bits per heavy atom. The number of benzene rings is 1. The van der Waals surface area contributed by atoms with Crippen molar-refractivity contribution in [2.45, 2.75) is 11.3 Å². The summed E-state index contributed by atoms with van der Waals surface area (Å²) in [5, 5.41) is 0.199. The van der Waals surface area contributed by atoms with E-state index in [0.717, 1.165) is 12.1 Å². The van der Waals surface area contributed by atoms with Gasteiger partial charge in [0.05, 0.1) is 0 Å². The van der Waals surface area contributed by atoms with Gasteiger partial charge in [0.25, 0.3) is 0 Å². The third kappa shape index (κ3) is 2.51. The van der Waals surface area contributed by atoms with Gasteiger partial charge in [-0.15, -0.1) is 0 Å². The largest absolute Gasteiger partial charge is 0.330 e. The van der Waals surface area contributed by atoms with E-state index in [1.54, 1.807) is 0 Å². The van der Waals surface area contributed by atoms with Gasteiger partial charge in [0.15, 0.2) is 0 Å². The van der Waals surface area contributed by atoms with Gasteiger partial charge >= 0.3 is 0 Å². The van der Waals surface area contributed by atoms with Crippen molar-refractivity contribution in [3.05, 3.63) is 29.0 Å². The first-order valence-electron chi connectivity index (χ1n) is 5.60. The quantitative estimate of drug-likeness (QED) is 0.917. The van der Waals surface area contributed by atoms with Crippen LogP contribution in [0.5, 0.6) is 0 Å². The molecule has 0 spiro atoms. The monoisotopic (exact) mass is 292 g/mol. The van der Waals surface area contributed by atoms with Gasteiger partial charge < -0.3 is 5.73 Å². The molecule has 1 atom stereocenters. The molecule has 2 N–H and O–H groups in total. The molecule has 0 aliphatic carbocycles. The molecule has 1 aliphatic heterocycles. The second-order valence-electron chi connectivity index (χ2n) is 4.33. The van der Waals surface area contributed by atoms with Gasteiger partial charge in [-0.1, -0.05) is 11.6 Å². The number of halogens is 2. The van der Waals surface area contributed by atoms with Gasteiger partial charge in [0.1, 0.15) is 10.7 Å². The molecule has 0 radical (unpaired) electrons. The Bertz CT molecular complexity index is 550. The summed E-state index contributed by atoms with van der Waals surface area (Å²) >= 11 is 5.72. The number of nitrogens with zero attached hydrogens (tertiary/aromatic N) is 1. The smallest absolute Gasteiger partial charge is 0.246 e. The Balaban J connectivity index is 2.34. The minimum atomic E-state index is -3.82. The van der Waals surface area contributed by atoms with Gasteiger partial charge in [0.2, 0.25) is 10.0 Å². The molecule has 100 valence electrons. The molecule has 0 amide bonds. The molecular weight excluding hydrogens is 279 g/mol. The Hall–Kier alpha value is -0.690. The summed E-state index contributed by atoms with van der Waals surface area (Å²) in [6.45, 7) is 1.14. The SMILES string of the molecule is NCC1CCN(S(=O)(=O)c2cc(Cl)ccc2F)C1. The number of hydrogen-bond acceptors (Lipinski definition) is 3.